The van der Waals surface area contributed by atoms with Crippen LogP contribution in [0.5, 0.6) is 0 Å². The molecule has 2 aromatic carbocycles. The van der Waals surface area contributed by atoms with Gasteiger partial charge in [0.15, 0.2) is 46.5 Å². The van der Waals surface area contributed by atoms with E-state index in [1.165, 1.54) is 12.1 Å². The van der Waals surface area contributed by atoms with E-state index in [1.54, 1.807) is 0 Å². The maximum Gasteiger partial charge on any atom is 0.200 e. The summed E-state index contributed by atoms with van der Waals surface area (Å²) in [7, 11) is 0. The maximum absolute atomic E-state index is 14.2. The van der Waals surface area contributed by atoms with Crippen molar-refractivity contribution < 1.29 is 43.9 Å². The lowest BCUT2D eigenvalue weighted by Crippen LogP contribution is -2.03. The van der Waals surface area contributed by atoms with Crippen LogP contribution in [0.2, 0.25) is 0 Å². The van der Waals surface area contributed by atoms with Crippen LogP contribution in [0.25, 0.3) is 39.7 Å². The Morgan fingerprint density at radius 1 is 0.364 bits per heavy atom. The zero-order chi connectivity index (χ0) is 23.9. The summed E-state index contributed by atoms with van der Waals surface area (Å²) in [6.45, 7) is 0. The van der Waals surface area contributed by atoms with Gasteiger partial charge in [-0.2, -0.15) is 0 Å². The molecule has 33 heavy (non-hydrogen) atoms. The van der Waals surface area contributed by atoms with Crippen LogP contribution in [0.4, 0.5) is 43.9 Å². The van der Waals surface area contributed by atoms with Gasteiger partial charge in [0.05, 0.1) is 20.5 Å². The molecule has 0 bridgehead atoms. The lowest BCUT2D eigenvalue weighted by atomic mass is 10.1. The van der Waals surface area contributed by atoms with E-state index in [0.29, 0.717) is 32.1 Å². The van der Waals surface area contributed by atoms with Crippen molar-refractivity contribution in [2.24, 2.45) is 0 Å². The van der Waals surface area contributed by atoms with Crippen LogP contribution >= 0.6 is 34.0 Å². The maximum atomic E-state index is 14.2. The molecule has 0 aliphatic carbocycles. The number of thiophene rings is 3. The average molecular weight is 528 g/mol. The smallest absolute Gasteiger partial charge is 0.200 e. The van der Waals surface area contributed by atoms with E-state index in [4.69, 9.17) is 0 Å². The minimum absolute atomic E-state index is 0.286. The molecule has 0 spiro atoms. The highest BCUT2D eigenvalue weighted by Gasteiger charge is 2.30. The first-order valence-electron chi connectivity index (χ1n) is 8.52. The molecular formula is C20H2F10S3. The van der Waals surface area contributed by atoms with Crippen molar-refractivity contribution in [1.82, 2.24) is 0 Å². The van der Waals surface area contributed by atoms with Crippen LogP contribution < -0.4 is 0 Å². The number of hydrogen-bond donors (Lipinski definition) is 0. The molecule has 0 saturated carbocycles. The summed E-state index contributed by atoms with van der Waals surface area (Å²) in [5, 5.41) is 0. The quantitative estimate of drug-likeness (QED) is 0.122. The van der Waals surface area contributed by atoms with Crippen molar-refractivity contribution in [3.05, 3.63) is 70.3 Å². The summed E-state index contributed by atoms with van der Waals surface area (Å²) in [5.41, 5.74) is -2.27. The molecule has 0 radical (unpaired) electrons. The number of halogens is 10. The molecular weight excluding hydrogens is 526 g/mol. The molecule has 3 aromatic heterocycles. The van der Waals surface area contributed by atoms with Crippen molar-refractivity contribution in [2.75, 3.05) is 0 Å². The first kappa shape index (κ1) is 22.2. The minimum atomic E-state index is -2.31. The summed E-state index contributed by atoms with van der Waals surface area (Å²) in [6.07, 6.45) is 0. The Balaban J connectivity index is 1.72. The van der Waals surface area contributed by atoms with Crippen LogP contribution in [0, 0.1) is 58.2 Å². The van der Waals surface area contributed by atoms with Gasteiger partial charge in [-0.15, -0.1) is 34.0 Å². The predicted molar refractivity (Wildman–Crippen MR) is 106 cm³/mol. The summed E-state index contributed by atoms with van der Waals surface area (Å²) in [4.78, 5) is -0.589. The number of hydrogen-bond acceptors (Lipinski definition) is 3. The Labute approximate surface area is 187 Å². The Bertz CT molecular complexity index is 1450. The lowest BCUT2D eigenvalue weighted by Gasteiger charge is -2.06. The normalized spacial score (nSPS) is 11.9. The van der Waals surface area contributed by atoms with E-state index in [0.717, 1.165) is 11.3 Å². The second-order valence-electron chi connectivity index (χ2n) is 6.60. The molecule has 3 heterocycles. The highest BCUT2D eigenvalue weighted by atomic mass is 32.1. The molecule has 5 aromatic rings. The van der Waals surface area contributed by atoms with Crippen molar-refractivity contribution >= 4 is 52.8 Å². The molecule has 13 heteroatoms. The van der Waals surface area contributed by atoms with Crippen LogP contribution in [0.1, 0.15) is 0 Å². The third-order valence-corrected chi connectivity index (χ3v) is 8.55. The van der Waals surface area contributed by atoms with Gasteiger partial charge in [-0.25, -0.2) is 43.9 Å². The summed E-state index contributed by atoms with van der Waals surface area (Å²) < 4.78 is 139. The van der Waals surface area contributed by atoms with Crippen molar-refractivity contribution in [2.45, 2.75) is 0 Å². The SMILES string of the molecule is Fc1c(F)c(F)c(-c2cc3sc4cc(-c5c(F)c(F)c(F)c(F)c5F)sc4c3s2)c(F)c1F. The van der Waals surface area contributed by atoms with Gasteiger partial charge in [0, 0.05) is 19.2 Å². The van der Waals surface area contributed by atoms with Crippen molar-refractivity contribution in [3.63, 3.8) is 0 Å². The van der Waals surface area contributed by atoms with Gasteiger partial charge in [0.1, 0.15) is 0 Å². The van der Waals surface area contributed by atoms with E-state index < -0.39 is 69.3 Å². The molecule has 0 atom stereocenters. The molecule has 170 valence electrons. The van der Waals surface area contributed by atoms with Gasteiger partial charge in [0.2, 0.25) is 11.6 Å². The van der Waals surface area contributed by atoms with Crippen LogP contribution in [0.15, 0.2) is 12.1 Å². The van der Waals surface area contributed by atoms with Gasteiger partial charge in [-0.3, -0.25) is 0 Å². The molecule has 0 aliphatic heterocycles. The minimum Gasteiger partial charge on any atom is -0.203 e. The predicted octanol–water partition coefficient (Wildman–Crippen LogP) is 8.90. The largest absolute Gasteiger partial charge is 0.203 e. The number of rotatable bonds is 2. The van der Waals surface area contributed by atoms with Gasteiger partial charge < -0.3 is 0 Å². The summed E-state index contributed by atoms with van der Waals surface area (Å²) >= 11 is 2.25. The number of benzene rings is 2. The zero-order valence-electron chi connectivity index (χ0n) is 15.2. The van der Waals surface area contributed by atoms with E-state index in [2.05, 4.69) is 0 Å². The first-order chi connectivity index (χ1) is 15.5. The highest BCUT2D eigenvalue weighted by molar-refractivity contribution is 7.40. The molecule has 0 unspecified atom stereocenters. The van der Waals surface area contributed by atoms with Gasteiger partial charge in [-0.1, -0.05) is 0 Å². The Morgan fingerprint density at radius 3 is 0.939 bits per heavy atom. The average Bonchev–Trinajstić information content (AvgIpc) is 3.45. The van der Waals surface area contributed by atoms with Crippen LogP contribution in [0.3, 0.4) is 0 Å². The first-order valence-corrected chi connectivity index (χ1v) is 11.0. The molecule has 0 fully saturated rings. The fourth-order valence-corrected chi connectivity index (χ4v) is 7.31. The molecule has 0 N–H and O–H groups in total. The van der Waals surface area contributed by atoms with E-state index >= 15 is 0 Å². The van der Waals surface area contributed by atoms with Crippen molar-refractivity contribution in [3.8, 4) is 20.9 Å². The summed E-state index contributed by atoms with van der Waals surface area (Å²) in [6, 6.07) is 2.38. The standard InChI is InChI=1S/C20H2F10S3/c21-9-7(10(22)14(26)17(29)13(9)25)3-1-5-19(32-3)20-6(31-5)2-4(33-20)8-11(23)15(27)18(30)16(28)12(8)24/h1-2H. The van der Waals surface area contributed by atoms with E-state index in [1.807, 2.05) is 0 Å². The lowest BCUT2D eigenvalue weighted by molar-refractivity contribution is 0.381. The fraction of sp³-hybridized carbons (Fsp3) is 0. The number of fused-ring (bicyclic) bond motifs is 3. The molecule has 0 aliphatic rings. The van der Waals surface area contributed by atoms with Crippen molar-refractivity contribution in [1.29, 1.82) is 0 Å². The Kier molecular flexibility index (Phi) is 4.99. The fourth-order valence-electron chi connectivity index (χ4n) is 3.22. The van der Waals surface area contributed by atoms with Crippen LogP contribution in [-0.2, 0) is 0 Å². The highest BCUT2D eigenvalue weighted by Crippen LogP contribution is 2.49. The topological polar surface area (TPSA) is 0 Å². The second kappa shape index (κ2) is 7.43. The molecule has 5 rings (SSSR count). The third kappa shape index (κ3) is 3.02. The Hall–Kier alpha value is -2.64. The zero-order valence-corrected chi connectivity index (χ0v) is 17.6. The van der Waals surface area contributed by atoms with Gasteiger partial charge >= 0.3 is 0 Å². The van der Waals surface area contributed by atoms with E-state index in [-0.39, 0.29) is 19.2 Å². The van der Waals surface area contributed by atoms with E-state index in [9.17, 15) is 43.9 Å². The summed E-state index contributed by atoms with van der Waals surface area (Å²) in [5.74, 6) is -21.2. The molecule has 0 nitrogen and oxygen atoms in total. The third-order valence-electron chi connectivity index (χ3n) is 4.73. The molecule has 0 saturated heterocycles. The molecule has 0 amide bonds. The van der Waals surface area contributed by atoms with Gasteiger partial charge in [-0.05, 0) is 12.1 Å². The Morgan fingerprint density at radius 2 is 0.636 bits per heavy atom. The second-order valence-corrected chi connectivity index (χ2v) is 9.79. The monoisotopic (exact) mass is 528 g/mol. The van der Waals surface area contributed by atoms with Crippen LogP contribution in [-0.4, -0.2) is 0 Å². The van der Waals surface area contributed by atoms with Gasteiger partial charge in [0.25, 0.3) is 0 Å².